The van der Waals surface area contributed by atoms with E-state index in [4.69, 9.17) is 0 Å². The standard InChI is InChI=1S/C36H24N2O2S/c39-35-27-20-23-10-4-5-11-24(23)21-28(27)36(40)29(35)22-26-18-19-34(41-26)38-32-16-8-6-14-30(32)37(25-12-2-1-3-13-25)31-15-7-9-17-33(31)38/h1-22,35,39H/b29-22+. The summed E-state index contributed by atoms with van der Waals surface area (Å²) in [5.74, 6) is -0.111. The molecule has 0 fully saturated rings. The third kappa shape index (κ3) is 3.74. The Kier molecular flexibility index (Phi) is 5.42. The number of fused-ring (bicyclic) bond motifs is 4. The molecule has 2 aliphatic rings. The molecule has 5 aromatic carbocycles. The fourth-order valence-corrected chi connectivity index (χ4v) is 6.99. The Morgan fingerprint density at radius 2 is 1.20 bits per heavy atom. The number of aliphatic hydroxyl groups is 1. The van der Waals surface area contributed by atoms with E-state index in [1.54, 1.807) is 11.3 Å². The van der Waals surface area contributed by atoms with Gasteiger partial charge in [0.15, 0.2) is 5.78 Å². The smallest absolute Gasteiger partial charge is 0.192 e. The fraction of sp³-hybridized carbons (Fsp3) is 0.0278. The largest absolute Gasteiger partial charge is 0.383 e. The Bertz CT molecular complexity index is 1960. The van der Waals surface area contributed by atoms with Gasteiger partial charge in [-0.25, -0.2) is 0 Å². The summed E-state index contributed by atoms with van der Waals surface area (Å²) in [6.07, 6.45) is 0.910. The van der Waals surface area contributed by atoms with Crippen molar-refractivity contribution >= 4 is 67.4 Å². The minimum atomic E-state index is -0.941. The summed E-state index contributed by atoms with van der Waals surface area (Å²) in [4.78, 5) is 18.9. The van der Waals surface area contributed by atoms with Crippen molar-refractivity contribution in [2.75, 3.05) is 9.80 Å². The van der Waals surface area contributed by atoms with Crippen molar-refractivity contribution in [3.8, 4) is 0 Å². The van der Waals surface area contributed by atoms with Crippen LogP contribution in [0.3, 0.4) is 0 Å². The van der Waals surface area contributed by atoms with Gasteiger partial charge in [-0.1, -0.05) is 66.7 Å². The van der Waals surface area contributed by atoms with Crippen LogP contribution in [0.2, 0.25) is 0 Å². The van der Waals surface area contributed by atoms with Crippen LogP contribution in [0.4, 0.5) is 33.4 Å². The van der Waals surface area contributed by atoms with Gasteiger partial charge in [0.2, 0.25) is 0 Å². The van der Waals surface area contributed by atoms with Gasteiger partial charge in [-0.05, 0) is 83.1 Å². The molecule has 1 N–H and O–H groups in total. The van der Waals surface area contributed by atoms with E-state index < -0.39 is 6.10 Å². The van der Waals surface area contributed by atoms with Gasteiger partial charge in [-0.3, -0.25) is 9.69 Å². The summed E-state index contributed by atoms with van der Waals surface area (Å²) in [5.41, 5.74) is 7.11. The minimum absolute atomic E-state index is 0.111. The number of hydrogen-bond donors (Lipinski definition) is 1. The second-order valence-electron chi connectivity index (χ2n) is 10.3. The number of carbonyl (C=O) groups excluding carboxylic acids is 1. The zero-order valence-electron chi connectivity index (χ0n) is 21.9. The Balaban J connectivity index is 1.21. The predicted molar refractivity (Wildman–Crippen MR) is 168 cm³/mol. The number of rotatable bonds is 3. The Morgan fingerprint density at radius 3 is 1.85 bits per heavy atom. The van der Waals surface area contributed by atoms with Crippen molar-refractivity contribution in [2.45, 2.75) is 6.10 Å². The van der Waals surface area contributed by atoms with Gasteiger partial charge < -0.3 is 10.0 Å². The number of Topliss-reactive ketones (excluding diaryl/α,β-unsaturated/α-hetero) is 1. The van der Waals surface area contributed by atoms with Crippen molar-refractivity contribution in [1.29, 1.82) is 0 Å². The zero-order chi connectivity index (χ0) is 27.5. The van der Waals surface area contributed by atoms with Crippen molar-refractivity contribution in [3.63, 3.8) is 0 Å². The van der Waals surface area contributed by atoms with Gasteiger partial charge in [0.1, 0.15) is 11.1 Å². The van der Waals surface area contributed by atoms with Gasteiger partial charge in [0.25, 0.3) is 0 Å². The highest BCUT2D eigenvalue weighted by atomic mass is 32.1. The molecule has 0 spiro atoms. The zero-order valence-corrected chi connectivity index (χ0v) is 22.8. The molecule has 2 heterocycles. The lowest BCUT2D eigenvalue weighted by molar-refractivity contribution is 0.102. The van der Waals surface area contributed by atoms with E-state index in [-0.39, 0.29) is 5.78 Å². The highest BCUT2D eigenvalue weighted by molar-refractivity contribution is 7.17. The van der Waals surface area contributed by atoms with E-state index in [2.05, 4.69) is 88.7 Å². The van der Waals surface area contributed by atoms with Gasteiger partial charge in [-0.2, -0.15) is 0 Å². The molecule has 6 aromatic rings. The second kappa shape index (κ2) is 9.30. The van der Waals surface area contributed by atoms with Crippen molar-refractivity contribution in [2.24, 2.45) is 0 Å². The first-order valence-corrected chi connectivity index (χ1v) is 14.4. The molecule has 4 nitrogen and oxygen atoms in total. The Morgan fingerprint density at radius 1 is 0.634 bits per heavy atom. The molecule has 1 unspecified atom stereocenters. The number of para-hydroxylation sites is 5. The average Bonchev–Trinajstić information content (AvgIpc) is 3.57. The molecule has 1 aliphatic carbocycles. The fourth-order valence-electron chi connectivity index (χ4n) is 6.00. The maximum absolute atomic E-state index is 13.4. The second-order valence-corrected chi connectivity index (χ2v) is 11.4. The SMILES string of the molecule is O=C1/C(=C/c2ccc(N3c4ccccc4N(c4ccccc4)c4ccccc43)s2)C(O)c2cc3ccccc3cc21. The van der Waals surface area contributed by atoms with Gasteiger partial charge >= 0.3 is 0 Å². The minimum Gasteiger partial charge on any atom is -0.383 e. The monoisotopic (exact) mass is 548 g/mol. The van der Waals surface area contributed by atoms with Crippen LogP contribution in [0.25, 0.3) is 16.8 Å². The Labute approximate surface area is 241 Å². The highest BCUT2D eigenvalue weighted by Gasteiger charge is 2.34. The lowest BCUT2D eigenvalue weighted by atomic mass is 10.0. The molecule has 0 bridgehead atoms. The normalized spacial score (nSPS) is 16.7. The third-order valence-corrected chi connectivity index (χ3v) is 8.90. The quantitative estimate of drug-likeness (QED) is 0.223. The molecule has 0 radical (unpaired) electrons. The molecule has 196 valence electrons. The van der Waals surface area contributed by atoms with Crippen molar-refractivity contribution in [3.05, 3.63) is 149 Å². The summed E-state index contributed by atoms with van der Waals surface area (Å²) in [6.45, 7) is 0. The molecule has 1 aromatic heterocycles. The number of thiophene rings is 1. The summed E-state index contributed by atoms with van der Waals surface area (Å²) < 4.78 is 0. The topological polar surface area (TPSA) is 43.8 Å². The highest BCUT2D eigenvalue weighted by Crippen LogP contribution is 2.55. The third-order valence-electron chi connectivity index (χ3n) is 7.89. The van der Waals surface area contributed by atoms with E-state index in [1.807, 2.05) is 54.6 Å². The first-order valence-electron chi connectivity index (χ1n) is 13.6. The van der Waals surface area contributed by atoms with Crippen LogP contribution in [-0.4, -0.2) is 10.9 Å². The van der Waals surface area contributed by atoms with Crippen LogP contribution in [0.5, 0.6) is 0 Å². The molecule has 8 rings (SSSR count). The maximum Gasteiger partial charge on any atom is 0.192 e. The van der Waals surface area contributed by atoms with Crippen LogP contribution < -0.4 is 9.80 Å². The van der Waals surface area contributed by atoms with Crippen molar-refractivity contribution < 1.29 is 9.90 Å². The molecular formula is C36H24N2O2S. The van der Waals surface area contributed by atoms with E-state index >= 15 is 0 Å². The molecule has 5 heteroatoms. The van der Waals surface area contributed by atoms with Crippen molar-refractivity contribution in [1.82, 2.24) is 0 Å². The lowest BCUT2D eigenvalue weighted by Crippen LogP contribution is -2.23. The number of ketones is 1. The number of aliphatic hydroxyl groups excluding tert-OH is 1. The van der Waals surface area contributed by atoms with E-state index in [0.29, 0.717) is 16.7 Å². The molecular weight excluding hydrogens is 524 g/mol. The number of anilines is 6. The molecule has 1 aliphatic heterocycles. The van der Waals surface area contributed by atoms with E-state index in [9.17, 15) is 9.90 Å². The first-order chi connectivity index (χ1) is 20.2. The number of nitrogens with zero attached hydrogens (tertiary/aromatic N) is 2. The van der Waals surface area contributed by atoms with Crippen LogP contribution in [-0.2, 0) is 0 Å². The van der Waals surface area contributed by atoms with E-state index in [0.717, 1.165) is 49.1 Å². The summed E-state index contributed by atoms with van der Waals surface area (Å²) >= 11 is 1.60. The number of carbonyl (C=O) groups is 1. The molecule has 0 saturated heterocycles. The first kappa shape index (κ1) is 23.9. The predicted octanol–water partition coefficient (Wildman–Crippen LogP) is 9.47. The summed E-state index contributed by atoms with van der Waals surface area (Å²) in [5, 5.41) is 14.2. The van der Waals surface area contributed by atoms with Crippen LogP contribution in [0.15, 0.2) is 133 Å². The van der Waals surface area contributed by atoms with Crippen LogP contribution in [0, 0.1) is 0 Å². The molecule has 41 heavy (non-hydrogen) atoms. The van der Waals surface area contributed by atoms with Gasteiger partial charge in [0.05, 0.1) is 22.7 Å². The Hall–Kier alpha value is -4.97. The summed E-state index contributed by atoms with van der Waals surface area (Å²) in [7, 11) is 0. The van der Waals surface area contributed by atoms with E-state index in [1.165, 1.54) is 0 Å². The van der Waals surface area contributed by atoms with Gasteiger partial charge in [-0.15, -0.1) is 11.3 Å². The van der Waals surface area contributed by atoms with Crippen LogP contribution in [0.1, 0.15) is 26.9 Å². The number of benzene rings is 5. The molecule has 1 atom stereocenters. The lowest BCUT2D eigenvalue weighted by Gasteiger charge is -2.39. The average molecular weight is 549 g/mol. The summed E-state index contributed by atoms with van der Waals surface area (Å²) in [6, 6.07) is 43.2. The molecule has 0 amide bonds. The van der Waals surface area contributed by atoms with Crippen LogP contribution >= 0.6 is 11.3 Å². The molecule has 0 saturated carbocycles. The number of hydrogen-bond acceptors (Lipinski definition) is 5. The maximum atomic E-state index is 13.4. The van der Waals surface area contributed by atoms with Gasteiger partial charge in [0, 0.05) is 21.7 Å².